The highest BCUT2D eigenvalue weighted by molar-refractivity contribution is 9.10. The Kier molecular flexibility index (Phi) is 8.67. The van der Waals surface area contributed by atoms with Gasteiger partial charge in [0.25, 0.3) is 21.5 Å². The molecule has 5 rings (SSSR count). The Morgan fingerprint density at radius 2 is 1.83 bits per heavy atom. The second-order valence-corrected chi connectivity index (χ2v) is 14.4. The van der Waals surface area contributed by atoms with Gasteiger partial charge in [-0.15, -0.1) is 11.8 Å². The number of hydrogen-bond acceptors (Lipinski definition) is 5. The van der Waals surface area contributed by atoms with E-state index in [1.165, 1.54) is 29.9 Å². The highest BCUT2D eigenvalue weighted by Gasteiger charge is 2.33. The lowest BCUT2D eigenvalue weighted by Gasteiger charge is -2.35. The second kappa shape index (κ2) is 11.9. The third-order valence-corrected chi connectivity index (χ3v) is 11.3. The summed E-state index contributed by atoms with van der Waals surface area (Å²) >= 11 is 11.8. The summed E-state index contributed by atoms with van der Waals surface area (Å²) in [5, 5.41) is 0.155. The average molecular weight is 690 g/mol. The molecule has 0 aliphatic carbocycles. The second-order valence-electron chi connectivity index (χ2n) is 9.95. The standard InChI is InChI=1S/C30H30BrClN4O4S2/c1-5-35(26-15-16-41-27-14-11-20(31)17-24(26)27)29(37)23-18-22(12-13-25(23)32)42(39,40)34(4)28-19(2)33(3)36(30(28)38)21-9-7-6-8-10-21/h6-14,17-18,26H,5,15-16H2,1-4H3. The summed E-state index contributed by atoms with van der Waals surface area (Å²) in [6.07, 6.45) is 0.757. The molecule has 0 saturated carbocycles. The molecule has 1 aliphatic heterocycles. The van der Waals surface area contributed by atoms with Gasteiger partial charge in [-0.05, 0) is 74.4 Å². The molecule has 0 spiro atoms. The minimum absolute atomic E-state index is 0.0150. The first-order chi connectivity index (χ1) is 20.0. The Morgan fingerprint density at radius 1 is 1.12 bits per heavy atom. The lowest BCUT2D eigenvalue weighted by Crippen LogP contribution is -2.37. The number of benzene rings is 3. The number of rotatable bonds is 7. The van der Waals surface area contributed by atoms with Gasteiger partial charge >= 0.3 is 0 Å². The fourth-order valence-electron chi connectivity index (χ4n) is 5.35. The predicted molar refractivity (Wildman–Crippen MR) is 172 cm³/mol. The topological polar surface area (TPSA) is 84.6 Å². The van der Waals surface area contributed by atoms with Crippen molar-refractivity contribution in [2.75, 3.05) is 23.7 Å². The van der Waals surface area contributed by atoms with Crippen LogP contribution in [0.1, 0.15) is 41.0 Å². The summed E-state index contributed by atoms with van der Waals surface area (Å²) in [4.78, 5) is 30.2. The molecular weight excluding hydrogens is 660 g/mol. The minimum Gasteiger partial charge on any atom is -0.332 e. The van der Waals surface area contributed by atoms with Gasteiger partial charge in [0.15, 0.2) is 0 Å². The molecule has 42 heavy (non-hydrogen) atoms. The van der Waals surface area contributed by atoms with Crippen molar-refractivity contribution < 1.29 is 13.2 Å². The maximum Gasteiger partial charge on any atom is 0.296 e. The highest BCUT2D eigenvalue weighted by Crippen LogP contribution is 2.41. The van der Waals surface area contributed by atoms with Gasteiger partial charge in [0.2, 0.25) is 0 Å². The van der Waals surface area contributed by atoms with Gasteiger partial charge in [0.1, 0.15) is 5.69 Å². The molecule has 4 aromatic rings. The van der Waals surface area contributed by atoms with E-state index in [1.54, 1.807) is 59.6 Å². The van der Waals surface area contributed by atoms with Crippen LogP contribution in [0.5, 0.6) is 0 Å². The van der Waals surface area contributed by atoms with E-state index in [4.69, 9.17) is 11.6 Å². The van der Waals surface area contributed by atoms with Crippen molar-refractivity contribution >= 4 is 60.9 Å². The minimum atomic E-state index is -4.24. The average Bonchev–Trinajstić information content (AvgIpc) is 3.20. The van der Waals surface area contributed by atoms with E-state index in [-0.39, 0.29) is 33.1 Å². The van der Waals surface area contributed by atoms with Crippen LogP contribution in [0.2, 0.25) is 5.02 Å². The number of aromatic nitrogens is 2. The maximum atomic E-state index is 14.0. The van der Waals surface area contributed by atoms with E-state index in [0.717, 1.165) is 31.4 Å². The molecule has 1 amide bonds. The smallest absolute Gasteiger partial charge is 0.296 e. The summed E-state index contributed by atoms with van der Waals surface area (Å²) in [6, 6.07) is 19.0. The molecule has 2 heterocycles. The van der Waals surface area contributed by atoms with E-state index >= 15 is 0 Å². The van der Waals surface area contributed by atoms with Gasteiger partial charge in [-0.1, -0.05) is 45.7 Å². The van der Waals surface area contributed by atoms with Crippen LogP contribution in [-0.4, -0.2) is 47.9 Å². The largest absolute Gasteiger partial charge is 0.332 e. The highest BCUT2D eigenvalue weighted by atomic mass is 79.9. The lowest BCUT2D eigenvalue weighted by molar-refractivity contribution is 0.0680. The zero-order valence-corrected chi connectivity index (χ0v) is 27.5. The van der Waals surface area contributed by atoms with Gasteiger partial charge in [0.05, 0.1) is 32.9 Å². The van der Waals surface area contributed by atoms with Crippen LogP contribution in [-0.2, 0) is 17.1 Å². The van der Waals surface area contributed by atoms with Crippen LogP contribution in [0.4, 0.5) is 5.69 Å². The Hall–Kier alpha value is -2.99. The fraction of sp³-hybridized carbons (Fsp3) is 0.267. The van der Waals surface area contributed by atoms with Crippen LogP contribution >= 0.6 is 39.3 Å². The summed E-state index contributed by atoms with van der Waals surface area (Å²) in [5.74, 6) is 0.500. The van der Waals surface area contributed by atoms with E-state index in [0.29, 0.717) is 17.9 Å². The predicted octanol–water partition coefficient (Wildman–Crippen LogP) is 6.42. The molecule has 0 fully saturated rings. The summed E-state index contributed by atoms with van der Waals surface area (Å²) in [5.41, 5.74) is 1.76. The Bertz CT molecular complexity index is 1840. The van der Waals surface area contributed by atoms with Crippen molar-refractivity contribution in [1.82, 2.24) is 14.3 Å². The van der Waals surface area contributed by atoms with E-state index in [2.05, 4.69) is 15.9 Å². The molecule has 12 heteroatoms. The van der Waals surface area contributed by atoms with E-state index in [1.807, 2.05) is 31.2 Å². The van der Waals surface area contributed by atoms with Crippen molar-refractivity contribution in [2.24, 2.45) is 7.05 Å². The van der Waals surface area contributed by atoms with Crippen molar-refractivity contribution in [2.45, 2.75) is 36.1 Å². The normalized spacial score (nSPS) is 14.9. The monoisotopic (exact) mass is 688 g/mol. The molecule has 0 saturated heterocycles. The summed E-state index contributed by atoms with van der Waals surface area (Å²) in [7, 11) is -1.19. The number of carbonyl (C=O) groups is 1. The molecule has 1 unspecified atom stereocenters. The maximum absolute atomic E-state index is 14.0. The van der Waals surface area contributed by atoms with Crippen molar-refractivity contribution in [3.8, 4) is 5.69 Å². The van der Waals surface area contributed by atoms with Crippen molar-refractivity contribution in [1.29, 1.82) is 0 Å². The van der Waals surface area contributed by atoms with Crippen LogP contribution in [0.15, 0.2) is 85.8 Å². The quantitative estimate of drug-likeness (QED) is 0.224. The van der Waals surface area contributed by atoms with Crippen LogP contribution in [0.25, 0.3) is 5.69 Å². The van der Waals surface area contributed by atoms with Crippen LogP contribution in [0, 0.1) is 6.92 Å². The number of nitrogens with zero attached hydrogens (tertiary/aromatic N) is 4. The number of fused-ring (bicyclic) bond motifs is 1. The third-order valence-electron chi connectivity index (χ3n) is 7.62. The van der Waals surface area contributed by atoms with Gasteiger partial charge in [-0.25, -0.2) is 13.1 Å². The number of amides is 1. The van der Waals surface area contributed by atoms with E-state index in [9.17, 15) is 18.0 Å². The number of carbonyl (C=O) groups excluding carboxylic acids is 1. The van der Waals surface area contributed by atoms with Gasteiger partial charge in [-0.3, -0.25) is 18.6 Å². The van der Waals surface area contributed by atoms with Gasteiger partial charge in [0, 0.05) is 35.8 Å². The van der Waals surface area contributed by atoms with Crippen LogP contribution < -0.4 is 9.86 Å². The molecule has 3 aromatic carbocycles. The number of hydrogen-bond donors (Lipinski definition) is 0. The lowest BCUT2D eigenvalue weighted by atomic mass is 10.0. The molecule has 1 aliphatic rings. The number of para-hydroxylation sites is 1. The van der Waals surface area contributed by atoms with E-state index < -0.39 is 15.6 Å². The zero-order chi connectivity index (χ0) is 30.3. The SMILES string of the molecule is CCN(C(=O)c1cc(S(=O)(=O)N(C)c2c(C)n(C)n(-c3ccccc3)c2=O)ccc1Cl)C1CCSc2ccc(Br)cc21. The molecule has 0 N–H and O–H groups in total. The number of anilines is 1. The fourth-order valence-corrected chi connectivity index (χ4v) is 8.29. The molecule has 1 aromatic heterocycles. The Labute approximate surface area is 263 Å². The molecular formula is C30H30BrClN4O4S2. The zero-order valence-electron chi connectivity index (χ0n) is 23.5. The molecule has 220 valence electrons. The molecule has 1 atom stereocenters. The summed E-state index contributed by atoms with van der Waals surface area (Å²) in [6.45, 7) is 4.00. The third kappa shape index (κ3) is 5.32. The van der Waals surface area contributed by atoms with Gasteiger partial charge < -0.3 is 4.90 Å². The number of thioether (sulfide) groups is 1. The molecule has 0 radical (unpaired) electrons. The first-order valence-electron chi connectivity index (χ1n) is 13.3. The first kappa shape index (κ1) is 30.5. The van der Waals surface area contributed by atoms with Crippen LogP contribution in [0.3, 0.4) is 0 Å². The number of sulfonamides is 1. The van der Waals surface area contributed by atoms with Crippen molar-refractivity contribution in [3.63, 3.8) is 0 Å². The Morgan fingerprint density at radius 3 is 2.52 bits per heavy atom. The summed E-state index contributed by atoms with van der Waals surface area (Å²) < 4.78 is 32.8. The van der Waals surface area contributed by atoms with Gasteiger partial charge in [-0.2, -0.15) is 0 Å². The molecule has 0 bridgehead atoms. The number of halogens is 2. The Balaban J connectivity index is 1.53. The van der Waals surface area contributed by atoms with Crippen molar-refractivity contribution in [3.05, 3.63) is 103 Å². The first-order valence-corrected chi connectivity index (χ1v) is 16.9. The molecule has 8 nitrogen and oxygen atoms in total.